The van der Waals surface area contributed by atoms with Gasteiger partial charge in [-0.05, 0) is 72.0 Å². The van der Waals surface area contributed by atoms with Gasteiger partial charge in [0.25, 0.3) is 0 Å². The molecule has 4 nitrogen and oxygen atoms in total. The second-order valence-corrected chi connectivity index (χ2v) is 8.37. The van der Waals surface area contributed by atoms with Gasteiger partial charge in [0.2, 0.25) is 0 Å². The van der Waals surface area contributed by atoms with Crippen molar-refractivity contribution in [3.05, 3.63) is 46.6 Å². The summed E-state index contributed by atoms with van der Waals surface area (Å²) in [5, 5.41) is 0. The monoisotopic (exact) mass is 386 g/mol. The number of hydrogen-bond donors (Lipinski definition) is 0. The number of allylic oxidation sites excluding steroid dienone is 5. The Morgan fingerprint density at radius 3 is 2.29 bits per heavy atom. The van der Waals surface area contributed by atoms with Crippen LogP contribution in [0.3, 0.4) is 0 Å². The van der Waals surface area contributed by atoms with Crippen LogP contribution in [0.5, 0.6) is 0 Å². The van der Waals surface area contributed by atoms with Crippen molar-refractivity contribution in [2.24, 2.45) is 0 Å². The Bertz CT molecular complexity index is 734. The molecule has 1 aliphatic heterocycles. The minimum atomic E-state index is -0.836. The van der Waals surface area contributed by atoms with Crippen LogP contribution in [-0.2, 0) is 19.1 Å². The van der Waals surface area contributed by atoms with Crippen molar-refractivity contribution in [2.75, 3.05) is 0 Å². The van der Waals surface area contributed by atoms with E-state index in [0.29, 0.717) is 6.42 Å². The number of ether oxygens (including phenoxy) is 2. The largest absolute Gasteiger partial charge is 0.455 e. The maximum atomic E-state index is 12.5. The molecule has 0 amide bonds. The summed E-state index contributed by atoms with van der Waals surface area (Å²) in [6.45, 7) is 11.7. The molecule has 0 saturated carbocycles. The number of rotatable bonds is 9. The van der Waals surface area contributed by atoms with E-state index in [4.69, 9.17) is 9.47 Å². The minimum absolute atomic E-state index is 0.0162. The van der Waals surface area contributed by atoms with Gasteiger partial charge < -0.3 is 9.47 Å². The molecular formula is C24H34O4. The highest BCUT2D eigenvalue weighted by molar-refractivity contribution is 6.02. The topological polar surface area (TPSA) is 55.9 Å². The van der Waals surface area contributed by atoms with Crippen LogP contribution in [0.4, 0.5) is 0 Å². The average Bonchev–Trinajstić information content (AvgIpc) is 3.33. The predicted octanol–water partition coefficient (Wildman–Crippen LogP) is 5.39. The van der Waals surface area contributed by atoms with Crippen LogP contribution >= 0.6 is 0 Å². The zero-order chi connectivity index (χ0) is 20.9. The maximum absolute atomic E-state index is 12.5. The molecule has 1 saturated heterocycles. The third-order valence-corrected chi connectivity index (χ3v) is 5.41. The molecule has 0 aromatic heterocycles. The average molecular weight is 387 g/mol. The zero-order valence-electron chi connectivity index (χ0n) is 18.1. The van der Waals surface area contributed by atoms with Crippen molar-refractivity contribution in [3.8, 4) is 0 Å². The molecule has 2 rings (SSSR count). The first-order valence-electron chi connectivity index (χ1n) is 10.2. The van der Waals surface area contributed by atoms with Crippen LogP contribution in [0.15, 0.2) is 46.6 Å². The molecule has 0 N–H and O–H groups in total. The lowest BCUT2D eigenvalue weighted by Crippen LogP contribution is -2.38. The molecule has 1 aliphatic carbocycles. The summed E-state index contributed by atoms with van der Waals surface area (Å²) in [6.07, 6.45) is 12.2. The predicted molar refractivity (Wildman–Crippen MR) is 112 cm³/mol. The molecular weight excluding hydrogens is 352 g/mol. The number of hydrogen-bond acceptors (Lipinski definition) is 4. The highest BCUT2D eigenvalue weighted by Gasteiger charge is 2.67. The van der Waals surface area contributed by atoms with E-state index < -0.39 is 11.7 Å². The SMILES string of the molecule is CC(=O)O[C@@H]1C(C)=CC(=O)[C@]2(C/C=C(/C)CC/C=C(\C)CCC=C(C)C)O[C@H]12. The van der Waals surface area contributed by atoms with Crippen LogP contribution in [-0.4, -0.2) is 29.6 Å². The summed E-state index contributed by atoms with van der Waals surface area (Å²) >= 11 is 0. The Labute approximate surface area is 169 Å². The van der Waals surface area contributed by atoms with E-state index in [9.17, 15) is 9.59 Å². The quantitative estimate of drug-likeness (QED) is 0.303. The van der Waals surface area contributed by atoms with Crippen molar-refractivity contribution >= 4 is 11.8 Å². The molecule has 0 bridgehead atoms. The first-order chi connectivity index (χ1) is 13.2. The molecule has 0 aromatic carbocycles. The van der Waals surface area contributed by atoms with Gasteiger partial charge >= 0.3 is 5.97 Å². The third kappa shape index (κ3) is 5.78. The summed E-state index contributed by atoms with van der Waals surface area (Å²) in [5.74, 6) is -0.368. The van der Waals surface area contributed by atoms with Gasteiger partial charge in [0, 0.05) is 13.3 Å². The molecule has 4 heteroatoms. The molecule has 1 fully saturated rings. The highest BCUT2D eigenvalue weighted by atomic mass is 16.7. The molecule has 0 spiro atoms. The number of ketones is 1. The maximum Gasteiger partial charge on any atom is 0.303 e. The zero-order valence-corrected chi connectivity index (χ0v) is 18.1. The Balaban J connectivity index is 1.87. The van der Waals surface area contributed by atoms with E-state index in [1.165, 1.54) is 23.6 Å². The van der Waals surface area contributed by atoms with Crippen molar-refractivity contribution < 1.29 is 19.1 Å². The smallest absolute Gasteiger partial charge is 0.303 e. The van der Waals surface area contributed by atoms with Crippen LogP contribution in [0.1, 0.15) is 73.6 Å². The molecule has 0 unspecified atom stereocenters. The lowest BCUT2D eigenvalue weighted by atomic mass is 9.84. The molecule has 0 aromatic rings. The van der Waals surface area contributed by atoms with Crippen molar-refractivity contribution in [1.82, 2.24) is 0 Å². The molecule has 0 radical (unpaired) electrons. The number of carbonyl (C=O) groups excluding carboxylic acids is 2. The standard InChI is InChI=1S/C24H34O4/c1-16(2)9-7-10-17(3)11-8-12-18(4)13-14-24-21(26)15-19(5)22(23(24)28-24)27-20(6)25/h9,11,13,15,22-23H,7-8,10,12,14H2,1-6H3/b17-11+,18-13-/t22-,23-,24+/m1/s1. The third-order valence-electron chi connectivity index (χ3n) is 5.41. The Morgan fingerprint density at radius 1 is 1.07 bits per heavy atom. The van der Waals surface area contributed by atoms with Gasteiger partial charge in [-0.2, -0.15) is 0 Å². The lowest BCUT2D eigenvalue weighted by Gasteiger charge is -2.22. The van der Waals surface area contributed by atoms with Gasteiger partial charge in [-0.25, -0.2) is 0 Å². The Kier molecular flexibility index (Phi) is 7.59. The molecule has 28 heavy (non-hydrogen) atoms. The van der Waals surface area contributed by atoms with Gasteiger partial charge in [-0.3, -0.25) is 9.59 Å². The fourth-order valence-corrected chi connectivity index (χ4v) is 3.61. The lowest BCUT2D eigenvalue weighted by molar-refractivity contribution is -0.145. The van der Waals surface area contributed by atoms with Crippen LogP contribution in [0, 0.1) is 0 Å². The van der Waals surface area contributed by atoms with E-state index in [2.05, 4.69) is 45.9 Å². The van der Waals surface area contributed by atoms with Crippen LogP contribution in [0.25, 0.3) is 0 Å². The van der Waals surface area contributed by atoms with Gasteiger partial charge in [0.15, 0.2) is 17.5 Å². The van der Waals surface area contributed by atoms with Crippen LogP contribution < -0.4 is 0 Å². The second-order valence-electron chi connectivity index (χ2n) is 8.37. The molecule has 3 atom stereocenters. The first kappa shape index (κ1) is 22.4. The van der Waals surface area contributed by atoms with E-state index in [-0.39, 0.29) is 17.9 Å². The van der Waals surface area contributed by atoms with Gasteiger partial charge in [0.1, 0.15) is 6.10 Å². The normalized spacial score (nSPS) is 27.1. The summed E-state index contributed by atoms with van der Waals surface area (Å²) in [5.41, 5.74) is 3.95. The van der Waals surface area contributed by atoms with Gasteiger partial charge in [0.05, 0.1) is 0 Å². The summed E-state index contributed by atoms with van der Waals surface area (Å²) in [6, 6.07) is 0. The van der Waals surface area contributed by atoms with Crippen molar-refractivity contribution in [2.45, 2.75) is 91.5 Å². The summed E-state index contributed by atoms with van der Waals surface area (Å²) in [4.78, 5) is 23.8. The summed E-state index contributed by atoms with van der Waals surface area (Å²) in [7, 11) is 0. The highest BCUT2D eigenvalue weighted by Crippen LogP contribution is 2.49. The first-order valence-corrected chi connectivity index (χ1v) is 10.2. The number of esters is 1. The second kappa shape index (κ2) is 9.51. The van der Waals surface area contributed by atoms with Crippen molar-refractivity contribution in [1.29, 1.82) is 0 Å². The Hall–Kier alpha value is -1.94. The Morgan fingerprint density at radius 2 is 1.68 bits per heavy atom. The van der Waals surface area contributed by atoms with Gasteiger partial charge in [-0.15, -0.1) is 0 Å². The minimum Gasteiger partial charge on any atom is -0.455 e. The van der Waals surface area contributed by atoms with E-state index in [1.54, 1.807) is 6.08 Å². The molecule has 1 heterocycles. The summed E-state index contributed by atoms with van der Waals surface area (Å²) < 4.78 is 11.1. The van der Waals surface area contributed by atoms with E-state index >= 15 is 0 Å². The van der Waals surface area contributed by atoms with Crippen molar-refractivity contribution in [3.63, 3.8) is 0 Å². The number of epoxide rings is 1. The number of fused-ring (bicyclic) bond motifs is 1. The fraction of sp³-hybridized carbons (Fsp3) is 0.583. The van der Waals surface area contributed by atoms with E-state index in [0.717, 1.165) is 31.3 Å². The number of carbonyl (C=O) groups is 2. The molecule has 2 aliphatic rings. The van der Waals surface area contributed by atoms with Gasteiger partial charge in [-0.1, -0.05) is 34.9 Å². The fourth-order valence-electron chi connectivity index (χ4n) is 3.61. The van der Waals surface area contributed by atoms with E-state index in [1.807, 2.05) is 6.92 Å². The molecule has 154 valence electrons. The van der Waals surface area contributed by atoms with Crippen LogP contribution in [0.2, 0.25) is 0 Å².